The van der Waals surface area contributed by atoms with Crippen molar-refractivity contribution in [1.29, 1.82) is 0 Å². The van der Waals surface area contributed by atoms with Crippen LogP contribution in [0.5, 0.6) is 0 Å². The van der Waals surface area contributed by atoms with E-state index in [0.29, 0.717) is 19.7 Å². The maximum atomic E-state index is 15.0. The van der Waals surface area contributed by atoms with Crippen LogP contribution >= 0.6 is 11.6 Å². The zero-order valence-corrected chi connectivity index (χ0v) is 20.8. The van der Waals surface area contributed by atoms with Crippen LogP contribution < -0.4 is 0 Å². The summed E-state index contributed by atoms with van der Waals surface area (Å²) >= 11 is 6.21. The average molecular weight is 499 g/mol. The fraction of sp³-hybridized carbons (Fsp3) is 0.346. The van der Waals surface area contributed by atoms with E-state index >= 15 is 4.39 Å². The molecule has 1 aliphatic rings. The molecule has 1 fully saturated rings. The van der Waals surface area contributed by atoms with Crippen LogP contribution in [-0.2, 0) is 16.1 Å². The summed E-state index contributed by atoms with van der Waals surface area (Å²) in [6, 6.07) is 9.18. The minimum Gasteiger partial charge on any atom is -0.373 e. The van der Waals surface area contributed by atoms with Crippen molar-refractivity contribution in [2.75, 3.05) is 19.7 Å². The minimum absolute atomic E-state index is 0.0416. The first-order valence-electron chi connectivity index (χ1n) is 11.1. The number of allylic oxidation sites excluding steroid dienone is 3. The van der Waals surface area contributed by atoms with Crippen molar-refractivity contribution in [2.24, 2.45) is 4.99 Å². The Morgan fingerprint density at radius 3 is 2.83 bits per heavy atom. The van der Waals surface area contributed by atoms with E-state index in [9.17, 15) is 4.79 Å². The lowest BCUT2D eigenvalue weighted by Gasteiger charge is -2.36. The van der Waals surface area contributed by atoms with Crippen molar-refractivity contribution >= 4 is 24.1 Å². The van der Waals surface area contributed by atoms with Gasteiger partial charge in [0.25, 0.3) is 0 Å². The van der Waals surface area contributed by atoms with Gasteiger partial charge >= 0.3 is 0 Å². The summed E-state index contributed by atoms with van der Waals surface area (Å²) in [5.41, 5.74) is 0.504. The molecular formula is C26H28ClFN4O3. The second kappa shape index (κ2) is 12.0. The largest absolute Gasteiger partial charge is 0.373 e. The maximum absolute atomic E-state index is 15.0. The molecule has 1 aromatic heterocycles. The van der Waals surface area contributed by atoms with Gasteiger partial charge in [0.2, 0.25) is 5.78 Å². The Hall–Kier alpha value is -3.09. The van der Waals surface area contributed by atoms with E-state index in [1.165, 1.54) is 17.1 Å². The molecule has 0 spiro atoms. The van der Waals surface area contributed by atoms with Gasteiger partial charge in [-0.2, -0.15) is 10.2 Å². The highest BCUT2D eigenvalue weighted by Gasteiger charge is 2.28. The van der Waals surface area contributed by atoms with Crippen LogP contribution in [0.25, 0.3) is 0 Å². The van der Waals surface area contributed by atoms with Crippen molar-refractivity contribution in [3.05, 3.63) is 76.5 Å². The smallest absolute Gasteiger partial charge is 0.240 e. The third-order valence-electron chi connectivity index (χ3n) is 4.75. The average Bonchev–Trinajstić information content (AvgIpc) is 3.16. The predicted molar refractivity (Wildman–Crippen MR) is 134 cm³/mol. The summed E-state index contributed by atoms with van der Waals surface area (Å²) in [5, 5.41) is 6.03. The molecule has 0 bridgehead atoms. The first-order valence-corrected chi connectivity index (χ1v) is 11.5. The number of halogens is 2. The number of benzene rings is 1. The van der Waals surface area contributed by atoms with Gasteiger partial charge in [0.1, 0.15) is 5.69 Å². The Labute approximate surface area is 209 Å². The lowest BCUT2D eigenvalue weighted by atomic mass is 10.1. The Morgan fingerprint density at radius 1 is 1.40 bits per heavy atom. The molecular weight excluding hydrogens is 471 g/mol. The van der Waals surface area contributed by atoms with Crippen LogP contribution in [0.2, 0.25) is 5.02 Å². The lowest BCUT2D eigenvalue weighted by Crippen LogP contribution is -2.47. The van der Waals surface area contributed by atoms with Crippen molar-refractivity contribution in [3.63, 3.8) is 0 Å². The summed E-state index contributed by atoms with van der Waals surface area (Å²) in [4.78, 5) is 22.5. The molecule has 1 aliphatic heterocycles. The van der Waals surface area contributed by atoms with Crippen molar-refractivity contribution in [2.45, 2.75) is 39.0 Å². The van der Waals surface area contributed by atoms with Crippen LogP contribution in [0, 0.1) is 11.8 Å². The highest BCUT2D eigenvalue weighted by molar-refractivity contribution is 6.34. The van der Waals surface area contributed by atoms with Crippen molar-refractivity contribution in [1.82, 2.24) is 14.8 Å². The molecule has 0 aliphatic carbocycles. The van der Waals surface area contributed by atoms with E-state index in [1.807, 2.05) is 56.2 Å². The number of hydrogen-bond donors (Lipinski definition) is 0. The zero-order chi connectivity index (χ0) is 25.4. The van der Waals surface area contributed by atoms with E-state index in [4.69, 9.17) is 21.2 Å². The summed E-state index contributed by atoms with van der Waals surface area (Å²) in [6.45, 7) is 11.0. The molecule has 3 rings (SSSR count). The molecule has 0 radical (unpaired) electrons. The second-order valence-corrected chi connectivity index (χ2v) is 9.22. The number of ketones is 1. The SMILES string of the molecule is C=N/C=C(C#Cc1ccccc1)\C=C(\F)C(=O)c1c(Cl)cnn1CC1CN(OC(C)(C)C)CCO1. The summed E-state index contributed by atoms with van der Waals surface area (Å²) < 4.78 is 22.2. The topological polar surface area (TPSA) is 69.0 Å². The van der Waals surface area contributed by atoms with Gasteiger partial charge in [-0.05, 0) is 45.7 Å². The third-order valence-corrected chi connectivity index (χ3v) is 5.02. The number of nitrogens with zero attached hydrogens (tertiary/aromatic N) is 4. The number of carbonyl (C=O) groups excluding carboxylic acids is 1. The van der Waals surface area contributed by atoms with Crippen LogP contribution in [-0.4, -0.2) is 58.7 Å². The number of Topliss-reactive ketones (excluding diaryl/α,β-unsaturated/α-hetero) is 1. The zero-order valence-electron chi connectivity index (χ0n) is 20.0. The van der Waals surface area contributed by atoms with E-state index in [1.54, 1.807) is 0 Å². The number of morpholine rings is 1. The third kappa shape index (κ3) is 7.98. The highest BCUT2D eigenvalue weighted by atomic mass is 35.5. The predicted octanol–water partition coefficient (Wildman–Crippen LogP) is 4.64. The molecule has 1 atom stereocenters. The number of hydroxylamine groups is 2. The number of ether oxygens (including phenoxy) is 1. The monoisotopic (exact) mass is 498 g/mol. The Balaban J connectivity index is 1.77. The van der Waals surface area contributed by atoms with Crippen LogP contribution in [0.4, 0.5) is 4.39 Å². The van der Waals surface area contributed by atoms with Gasteiger partial charge in [0, 0.05) is 23.9 Å². The molecule has 1 aromatic carbocycles. The summed E-state index contributed by atoms with van der Waals surface area (Å²) in [5.74, 6) is 3.74. The lowest BCUT2D eigenvalue weighted by molar-refractivity contribution is -0.263. The molecule has 9 heteroatoms. The normalized spacial score (nSPS) is 17.6. The van der Waals surface area contributed by atoms with Crippen LogP contribution in [0.15, 0.2) is 65.2 Å². The minimum atomic E-state index is -1.05. The Bertz CT molecular complexity index is 1170. The standard InChI is InChI=1S/C26H28ClFN4O3/c1-26(2,3)35-31-12-13-34-21(17-31)18-32-24(22(27)16-30-32)25(33)23(28)14-20(15-29-4)11-10-19-8-6-5-7-9-19/h5-9,14-16,21H,4,12-13,17-18H2,1-3H3/b20-15-,23-14+. The van der Waals surface area contributed by atoms with Crippen molar-refractivity contribution < 1.29 is 18.8 Å². The molecule has 35 heavy (non-hydrogen) atoms. The number of rotatable bonds is 7. The van der Waals surface area contributed by atoms with Gasteiger partial charge in [-0.15, -0.1) is 0 Å². The van der Waals surface area contributed by atoms with Gasteiger partial charge in [0.15, 0.2) is 5.83 Å². The molecule has 2 aromatic rings. The molecule has 2 heterocycles. The Morgan fingerprint density at radius 2 is 2.14 bits per heavy atom. The number of aromatic nitrogens is 2. The van der Waals surface area contributed by atoms with Gasteiger partial charge < -0.3 is 4.74 Å². The maximum Gasteiger partial charge on any atom is 0.240 e. The van der Waals surface area contributed by atoms with Gasteiger partial charge in [-0.3, -0.25) is 19.3 Å². The van der Waals surface area contributed by atoms with Crippen molar-refractivity contribution in [3.8, 4) is 11.8 Å². The molecule has 7 nitrogen and oxygen atoms in total. The molecule has 0 saturated carbocycles. The number of hydrogen-bond acceptors (Lipinski definition) is 6. The molecule has 184 valence electrons. The molecule has 0 N–H and O–H groups in total. The van der Waals surface area contributed by atoms with E-state index in [-0.39, 0.29) is 34.5 Å². The summed E-state index contributed by atoms with van der Waals surface area (Å²) in [7, 11) is 0. The molecule has 1 saturated heterocycles. The van der Waals surface area contributed by atoms with E-state index in [2.05, 4.69) is 28.6 Å². The first-order chi connectivity index (χ1) is 16.7. The van der Waals surface area contributed by atoms with E-state index in [0.717, 1.165) is 11.6 Å². The Kier molecular flexibility index (Phi) is 9.13. The van der Waals surface area contributed by atoms with E-state index < -0.39 is 11.6 Å². The summed E-state index contributed by atoms with van der Waals surface area (Å²) in [6.07, 6.45) is 3.28. The van der Waals surface area contributed by atoms with Crippen LogP contribution in [0.3, 0.4) is 0 Å². The fourth-order valence-corrected chi connectivity index (χ4v) is 3.60. The van der Waals surface area contributed by atoms with Gasteiger partial charge in [-0.25, -0.2) is 4.39 Å². The molecule has 0 amide bonds. The quantitative estimate of drug-likeness (QED) is 0.183. The first kappa shape index (κ1) is 26.5. The number of carbonyl (C=O) groups is 1. The van der Waals surface area contributed by atoms with Gasteiger partial charge in [-0.1, -0.05) is 41.6 Å². The highest BCUT2D eigenvalue weighted by Crippen LogP contribution is 2.22. The van der Waals surface area contributed by atoms with Gasteiger partial charge in [0.05, 0.1) is 42.6 Å². The van der Waals surface area contributed by atoms with Crippen LogP contribution in [0.1, 0.15) is 36.8 Å². The fourth-order valence-electron chi connectivity index (χ4n) is 3.38. The second-order valence-electron chi connectivity index (χ2n) is 8.81. The molecule has 1 unspecified atom stereocenters. The number of aliphatic imine (C=N–C) groups is 1.